The van der Waals surface area contributed by atoms with Crippen LogP contribution in [0.3, 0.4) is 0 Å². The van der Waals surface area contributed by atoms with Crippen molar-refractivity contribution in [2.45, 2.75) is 105 Å². The van der Waals surface area contributed by atoms with Crippen LogP contribution in [0.5, 0.6) is 0 Å². The summed E-state index contributed by atoms with van der Waals surface area (Å²) in [6.45, 7) is 15.8. The number of carbonyl (C=O) groups excluding carboxylic acids is 2. The van der Waals surface area contributed by atoms with Gasteiger partial charge in [0, 0.05) is 23.2 Å². The number of H-pyrrole nitrogens is 1. The molecule has 2 unspecified atom stereocenters. The number of nitrogens with one attached hydrogen (secondary N) is 1. The largest absolute Gasteiger partial charge is 0.299 e. The predicted molar refractivity (Wildman–Crippen MR) is 142 cm³/mol. The van der Waals surface area contributed by atoms with Gasteiger partial charge in [-0.2, -0.15) is 10.5 Å². The Kier molecular flexibility index (Phi) is 5.20. The highest BCUT2D eigenvalue weighted by atomic mass is 16.1. The van der Waals surface area contributed by atoms with E-state index in [0.717, 1.165) is 50.8 Å². The Morgan fingerprint density at radius 1 is 0.947 bits per heavy atom. The van der Waals surface area contributed by atoms with Crippen LogP contribution < -0.4 is 0 Å². The Labute approximate surface area is 226 Å². The lowest BCUT2D eigenvalue weighted by molar-refractivity contribution is -0.214. The predicted octanol–water partition coefficient (Wildman–Crippen LogP) is 5.75. The second kappa shape index (κ2) is 7.64. The van der Waals surface area contributed by atoms with E-state index in [1.807, 2.05) is 19.9 Å². The molecule has 1 aromatic heterocycles. The van der Waals surface area contributed by atoms with Crippen molar-refractivity contribution in [2.75, 3.05) is 0 Å². The van der Waals surface area contributed by atoms with E-state index in [-0.39, 0.29) is 62.1 Å². The Morgan fingerprint density at radius 2 is 1.66 bits per heavy atom. The molecule has 0 saturated heterocycles. The molecule has 4 fully saturated rings. The number of allylic oxidation sites excluding steroid dienone is 2. The van der Waals surface area contributed by atoms with Gasteiger partial charge in [-0.05, 0) is 84.4 Å². The quantitative estimate of drug-likeness (QED) is 0.507. The van der Waals surface area contributed by atoms with Crippen LogP contribution in [0.2, 0.25) is 0 Å². The first-order valence-corrected chi connectivity index (χ1v) is 14.6. The van der Waals surface area contributed by atoms with E-state index < -0.39 is 5.41 Å². The van der Waals surface area contributed by atoms with Crippen LogP contribution in [0, 0.1) is 62.1 Å². The van der Waals surface area contributed by atoms with E-state index in [0.29, 0.717) is 12.2 Å². The number of nitrogens with zero attached hydrogens (tertiary/aromatic N) is 4. The Balaban J connectivity index is 1.49. The first kappa shape index (κ1) is 25.9. The average Bonchev–Trinajstić information content (AvgIpc) is 3.38. The zero-order valence-electron chi connectivity index (χ0n) is 24.1. The summed E-state index contributed by atoms with van der Waals surface area (Å²) < 4.78 is 0. The normalized spacial score (nSPS) is 47.1. The van der Waals surface area contributed by atoms with Crippen LogP contribution >= 0.6 is 0 Å². The van der Waals surface area contributed by atoms with Gasteiger partial charge in [-0.25, -0.2) is 0 Å². The lowest BCUT2D eigenvalue weighted by atomic mass is 9.31. The van der Waals surface area contributed by atoms with Gasteiger partial charge in [0.1, 0.15) is 11.9 Å². The molecule has 7 heteroatoms. The molecule has 204 valence electrons. The molecular formula is C31H43N5O2. The van der Waals surface area contributed by atoms with Gasteiger partial charge in [-0.3, -0.25) is 9.59 Å². The van der Waals surface area contributed by atoms with Crippen LogP contribution in [-0.4, -0.2) is 32.2 Å². The Morgan fingerprint density at radius 3 is 2.32 bits per heavy atom. The summed E-state index contributed by atoms with van der Waals surface area (Å²) in [6, 6.07) is 2.22. The van der Waals surface area contributed by atoms with Crippen molar-refractivity contribution in [3.05, 3.63) is 17.5 Å². The molecule has 0 aliphatic heterocycles. The van der Waals surface area contributed by atoms with Crippen molar-refractivity contribution < 1.29 is 9.59 Å². The summed E-state index contributed by atoms with van der Waals surface area (Å²) >= 11 is 0. The van der Waals surface area contributed by atoms with E-state index in [4.69, 9.17) is 0 Å². The molecule has 0 radical (unpaired) electrons. The van der Waals surface area contributed by atoms with Crippen LogP contribution in [0.4, 0.5) is 0 Å². The highest BCUT2D eigenvalue weighted by molar-refractivity contribution is 6.04. The van der Waals surface area contributed by atoms with Crippen molar-refractivity contribution in [1.82, 2.24) is 20.6 Å². The Hall–Kier alpha value is -2.36. The highest BCUT2D eigenvalue weighted by Crippen LogP contribution is 2.75. The molecule has 7 nitrogen and oxygen atoms in total. The lowest BCUT2D eigenvalue weighted by Gasteiger charge is -2.71. The van der Waals surface area contributed by atoms with Crippen molar-refractivity contribution >= 4 is 11.6 Å². The summed E-state index contributed by atoms with van der Waals surface area (Å²) in [6.07, 6.45) is 9.47. The number of ketones is 2. The number of fused-ring (bicyclic) bond motifs is 7. The van der Waals surface area contributed by atoms with Crippen molar-refractivity contribution in [2.24, 2.45) is 50.7 Å². The van der Waals surface area contributed by atoms with E-state index >= 15 is 0 Å². The third-order valence-electron chi connectivity index (χ3n) is 13.3. The van der Waals surface area contributed by atoms with Gasteiger partial charge in [0.2, 0.25) is 0 Å². The fraction of sp³-hybridized carbons (Fsp3) is 0.806. The maximum absolute atomic E-state index is 14.6. The lowest BCUT2D eigenvalue weighted by Crippen LogP contribution is -2.69. The number of tetrazole rings is 1. The minimum absolute atomic E-state index is 0.0377. The molecule has 8 atom stereocenters. The molecule has 6 rings (SSSR count). The minimum Gasteiger partial charge on any atom is -0.299 e. The Bertz CT molecular complexity index is 1270. The number of hydrogen-bond donors (Lipinski definition) is 1. The first-order chi connectivity index (χ1) is 17.7. The number of carbonyl (C=O) groups is 2. The van der Waals surface area contributed by atoms with Gasteiger partial charge in [0.15, 0.2) is 11.6 Å². The molecule has 1 heterocycles. The van der Waals surface area contributed by atoms with Crippen molar-refractivity contribution in [3.8, 4) is 6.07 Å². The van der Waals surface area contributed by atoms with E-state index in [1.165, 1.54) is 0 Å². The molecule has 1 aromatic rings. The number of aromatic nitrogens is 4. The van der Waals surface area contributed by atoms with Gasteiger partial charge in [0.05, 0.1) is 5.57 Å². The fourth-order valence-electron chi connectivity index (χ4n) is 11.1. The zero-order chi connectivity index (χ0) is 27.5. The number of Topliss-reactive ketones (excluding diaryl/α,β-unsaturated/α-hetero) is 2. The number of nitriles is 1. The molecule has 0 aromatic carbocycles. The summed E-state index contributed by atoms with van der Waals surface area (Å²) in [5, 5.41) is 25.6. The molecule has 0 spiro atoms. The van der Waals surface area contributed by atoms with Crippen LogP contribution in [-0.2, 0) is 15.0 Å². The van der Waals surface area contributed by atoms with Gasteiger partial charge in [-0.1, -0.05) is 59.8 Å². The van der Waals surface area contributed by atoms with Crippen LogP contribution in [0.15, 0.2) is 11.6 Å². The molecular weight excluding hydrogens is 474 g/mol. The topological polar surface area (TPSA) is 112 Å². The average molecular weight is 518 g/mol. The third kappa shape index (κ3) is 2.98. The third-order valence-corrected chi connectivity index (χ3v) is 13.3. The molecule has 38 heavy (non-hydrogen) atoms. The number of rotatable bonds is 1. The summed E-state index contributed by atoms with van der Waals surface area (Å²) in [5.74, 6) is 1.50. The van der Waals surface area contributed by atoms with E-state index in [1.54, 1.807) is 0 Å². The second-order valence-electron chi connectivity index (χ2n) is 15.6. The molecule has 0 amide bonds. The monoisotopic (exact) mass is 517 g/mol. The molecule has 5 aliphatic carbocycles. The zero-order valence-corrected chi connectivity index (χ0v) is 24.1. The van der Waals surface area contributed by atoms with Gasteiger partial charge in [0.25, 0.3) is 0 Å². The first-order valence-electron chi connectivity index (χ1n) is 14.6. The SMILES string of the molecule is CC1(C)CC[C@]2(c3nn[nH]n3)CC[C@]3(C)C(C(=O)C[C@@H]4[C@@]5(C)C=C(C#N)C(=O)C(C)(C)[C@@H]5CC[C@]43C)C2C1. The van der Waals surface area contributed by atoms with Crippen LogP contribution in [0.25, 0.3) is 0 Å². The van der Waals surface area contributed by atoms with Gasteiger partial charge < -0.3 is 0 Å². The smallest absolute Gasteiger partial charge is 0.180 e. The summed E-state index contributed by atoms with van der Waals surface area (Å²) in [7, 11) is 0. The van der Waals surface area contributed by atoms with Crippen LogP contribution in [0.1, 0.15) is 106 Å². The molecule has 5 aliphatic rings. The second-order valence-corrected chi connectivity index (χ2v) is 15.6. The van der Waals surface area contributed by atoms with Crippen molar-refractivity contribution in [1.29, 1.82) is 5.26 Å². The maximum Gasteiger partial charge on any atom is 0.180 e. The molecule has 0 bridgehead atoms. The summed E-state index contributed by atoms with van der Waals surface area (Å²) in [5.41, 5.74) is -0.979. The van der Waals surface area contributed by atoms with E-state index in [9.17, 15) is 14.9 Å². The van der Waals surface area contributed by atoms with E-state index in [2.05, 4.69) is 61.3 Å². The fourth-order valence-corrected chi connectivity index (χ4v) is 11.1. The minimum atomic E-state index is -0.607. The standard InChI is InChI=1S/C31H43N5O2/c1-26(2)10-12-31(25-33-35-36-34-25)13-11-30(7)23(19(31)16-26)20(37)14-22-28(5)15-18(17-32)24(38)27(3,4)21(28)8-9-29(22,30)6/h15,19,21-23H,8-14,16H2,1-7H3,(H,33,34,35,36)/t19?,21-,22+,23?,28-,29+,30+,31-/m0/s1. The highest BCUT2D eigenvalue weighted by Gasteiger charge is 2.72. The van der Waals surface area contributed by atoms with Gasteiger partial charge in [-0.15, -0.1) is 10.2 Å². The number of hydrogen-bond acceptors (Lipinski definition) is 6. The summed E-state index contributed by atoms with van der Waals surface area (Å²) in [4.78, 5) is 27.8. The maximum atomic E-state index is 14.6. The number of aromatic amines is 1. The molecule has 1 N–H and O–H groups in total. The van der Waals surface area contributed by atoms with Gasteiger partial charge >= 0.3 is 0 Å². The van der Waals surface area contributed by atoms with Crippen molar-refractivity contribution in [3.63, 3.8) is 0 Å². The molecule has 4 saturated carbocycles.